The molecule has 5 heteroatoms. The van der Waals surface area contributed by atoms with E-state index in [1.165, 1.54) is 19.1 Å². The maximum atomic E-state index is 13.9. The molecule has 0 nitrogen and oxygen atoms in total. The normalized spacial score (nSPS) is 12.5. The van der Waals surface area contributed by atoms with Crippen LogP contribution in [0.15, 0.2) is 34.8 Å². The van der Waals surface area contributed by atoms with Gasteiger partial charge in [-0.2, -0.15) is 0 Å². The van der Waals surface area contributed by atoms with Crippen molar-refractivity contribution in [2.75, 3.05) is 0 Å². The number of rotatable bonds is 2. The van der Waals surface area contributed by atoms with Gasteiger partial charge in [-0.1, -0.05) is 37.9 Å². The summed E-state index contributed by atoms with van der Waals surface area (Å²) in [6, 6.07) is 6.65. The molecule has 0 fully saturated rings. The Balaban J connectivity index is 2.56. The van der Waals surface area contributed by atoms with Crippen LogP contribution < -0.4 is 0 Å². The van der Waals surface area contributed by atoms with Crippen LogP contribution in [0.3, 0.4) is 0 Å². The fourth-order valence-corrected chi connectivity index (χ4v) is 3.46. The average Bonchev–Trinajstić information content (AvgIpc) is 2.33. The molecule has 2 aromatic rings. The standard InChI is InChI=1S/C14H9Br2F3/c1-7-5-12(19)8(6-11(7)18)14(16)13-9(15)3-2-4-10(13)17/h2-6,14H,1H3. The first-order chi connectivity index (χ1) is 8.91. The van der Waals surface area contributed by atoms with Crippen LogP contribution >= 0.6 is 31.9 Å². The molecule has 2 rings (SSSR count). The number of hydrogen-bond acceptors (Lipinski definition) is 0. The highest BCUT2D eigenvalue weighted by Gasteiger charge is 2.22. The second-order valence-electron chi connectivity index (χ2n) is 4.12. The topological polar surface area (TPSA) is 0 Å². The zero-order chi connectivity index (χ0) is 14.2. The highest BCUT2D eigenvalue weighted by molar-refractivity contribution is 9.11. The van der Waals surface area contributed by atoms with Crippen LogP contribution in [-0.2, 0) is 0 Å². The Morgan fingerprint density at radius 3 is 2.32 bits per heavy atom. The van der Waals surface area contributed by atoms with Gasteiger partial charge in [0.2, 0.25) is 0 Å². The molecule has 100 valence electrons. The highest BCUT2D eigenvalue weighted by Crippen LogP contribution is 2.38. The highest BCUT2D eigenvalue weighted by atomic mass is 79.9. The summed E-state index contributed by atoms with van der Waals surface area (Å²) >= 11 is 6.44. The maximum Gasteiger partial charge on any atom is 0.129 e. The molecule has 0 radical (unpaired) electrons. The van der Waals surface area contributed by atoms with E-state index in [2.05, 4.69) is 31.9 Å². The van der Waals surface area contributed by atoms with Crippen molar-refractivity contribution in [3.8, 4) is 0 Å². The van der Waals surface area contributed by atoms with Crippen molar-refractivity contribution in [1.82, 2.24) is 0 Å². The summed E-state index contributed by atoms with van der Waals surface area (Å²) in [6.45, 7) is 1.48. The third-order valence-corrected chi connectivity index (χ3v) is 4.45. The van der Waals surface area contributed by atoms with Gasteiger partial charge in [0.15, 0.2) is 0 Å². The molecule has 0 aromatic heterocycles. The molecular weight excluding hydrogens is 385 g/mol. The fraction of sp³-hybridized carbons (Fsp3) is 0.143. The fourth-order valence-electron chi connectivity index (χ4n) is 1.76. The molecule has 19 heavy (non-hydrogen) atoms. The number of hydrogen-bond donors (Lipinski definition) is 0. The predicted molar refractivity (Wildman–Crippen MR) is 76.0 cm³/mol. The Kier molecular flexibility index (Phi) is 4.36. The van der Waals surface area contributed by atoms with Gasteiger partial charge in [-0.25, -0.2) is 13.2 Å². The van der Waals surface area contributed by atoms with Crippen LogP contribution in [0, 0.1) is 24.4 Å². The van der Waals surface area contributed by atoms with E-state index in [-0.39, 0.29) is 16.7 Å². The Morgan fingerprint density at radius 2 is 1.68 bits per heavy atom. The van der Waals surface area contributed by atoms with E-state index >= 15 is 0 Å². The second-order valence-corrected chi connectivity index (χ2v) is 5.89. The molecule has 0 aliphatic heterocycles. The van der Waals surface area contributed by atoms with Gasteiger partial charge in [0, 0.05) is 15.6 Å². The van der Waals surface area contributed by atoms with Gasteiger partial charge in [0.1, 0.15) is 17.5 Å². The summed E-state index contributed by atoms with van der Waals surface area (Å²) in [7, 11) is 0. The quantitative estimate of drug-likeness (QED) is 0.577. The number of alkyl halides is 1. The Labute approximate surface area is 125 Å². The minimum Gasteiger partial charge on any atom is -0.207 e. The molecule has 2 aromatic carbocycles. The molecular formula is C14H9Br2F3. The zero-order valence-corrected chi connectivity index (χ0v) is 13.0. The predicted octanol–water partition coefficient (Wildman–Crippen LogP) is 5.66. The molecule has 1 unspecified atom stereocenters. The van der Waals surface area contributed by atoms with Crippen LogP contribution in [0.4, 0.5) is 13.2 Å². The molecule has 0 amide bonds. The van der Waals surface area contributed by atoms with E-state index < -0.39 is 22.3 Å². The summed E-state index contributed by atoms with van der Waals surface area (Å²) in [5.74, 6) is -1.58. The number of aryl methyl sites for hydroxylation is 1. The minimum absolute atomic E-state index is 0.0638. The summed E-state index contributed by atoms with van der Waals surface area (Å²) in [6.07, 6.45) is 0. The molecule has 0 saturated heterocycles. The molecule has 0 N–H and O–H groups in total. The van der Waals surface area contributed by atoms with Crippen LogP contribution in [0.1, 0.15) is 21.5 Å². The first-order valence-corrected chi connectivity index (χ1v) is 7.16. The molecule has 0 spiro atoms. The van der Waals surface area contributed by atoms with E-state index in [9.17, 15) is 13.2 Å². The maximum absolute atomic E-state index is 13.9. The van der Waals surface area contributed by atoms with Crippen LogP contribution in [0.2, 0.25) is 0 Å². The van der Waals surface area contributed by atoms with Crippen LogP contribution in [0.25, 0.3) is 0 Å². The summed E-state index contributed by atoms with van der Waals surface area (Å²) in [5.41, 5.74) is 0.520. The SMILES string of the molecule is Cc1cc(F)c(C(Br)c2c(F)cccc2Br)cc1F. The van der Waals surface area contributed by atoms with Crippen molar-refractivity contribution < 1.29 is 13.2 Å². The first-order valence-electron chi connectivity index (χ1n) is 5.45. The average molecular weight is 394 g/mol. The summed E-state index contributed by atoms with van der Waals surface area (Å²) in [5, 5.41) is 0. The van der Waals surface area contributed by atoms with E-state index in [1.807, 2.05) is 0 Å². The molecule has 0 saturated carbocycles. The first kappa shape index (κ1) is 14.6. The van der Waals surface area contributed by atoms with Crippen molar-refractivity contribution in [2.24, 2.45) is 0 Å². The molecule has 0 bridgehead atoms. The van der Waals surface area contributed by atoms with Crippen molar-refractivity contribution >= 4 is 31.9 Å². The van der Waals surface area contributed by atoms with Crippen molar-refractivity contribution in [1.29, 1.82) is 0 Å². The van der Waals surface area contributed by atoms with Gasteiger partial charge < -0.3 is 0 Å². The number of benzene rings is 2. The summed E-state index contributed by atoms with van der Waals surface area (Å²) in [4.78, 5) is -0.766. The second kappa shape index (κ2) is 5.67. The van der Waals surface area contributed by atoms with Gasteiger partial charge >= 0.3 is 0 Å². The Hall–Kier alpha value is -0.810. The zero-order valence-electron chi connectivity index (χ0n) is 9.85. The van der Waals surface area contributed by atoms with Gasteiger partial charge in [0.05, 0.1) is 4.83 Å². The molecule has 1 atom stereocenters. The van der Waals surface area contributed by atoms with E-state index in [0.29, 0.717) is 4.47 Å². The third-order valence-electron chi connectivity index (χ3n) is 2.80. The number of halogens is 5. The summed E-state index contributed by atoms with van der Waals surface area (Å²) < 4.78 is 41.8. The lowest BCUT2D eigenvalue weighted by Crippen LogP contribution is -2.02. The largest absolute Gasteiger partial charge is 0.207 e. The van der Waals surface area contributed by atoms with Crippen LogP contribution in [0.5, 0.6) is 0 Å². The lowest BCUT2D eigenvalue weighted by molar-refractivity contribution is 0.576. The van der Waals surface area contributed by atoms with E-state index in [0.717, 1.165) is 12.1 Å². The third kappa shape index (κ3) is 2.87. The van der Waals surface area contributed by atoms with Crippen molar-refractivity contribution in [2.45, 2.75) is 11.8 Å². The Morgan fingerprint density at radius 1 is 1.00 bits per heavy atom. The lowest BCUT2D eigenvalue weighted by atomic mass is 10.0. The van der Waals surface area contributed by atoms with Crippen molar-refractivity contribution in [3.05, 3.63) is 68.9 Å². The monoisotopic (exact) mass is 392 g/mol. The van der Waals surface area contributed by atoms with Gasteiger partial charge in [0.25, 0.3) is 0 Å². The van der Waals surface area contributed by atoms with E-state index in [1.54, 1.807) is 6.07 Å². The minimum atomic E-state index is -0.766. The van der Waals surface area contributed by atoms with Gasteiger partial charge in [-0.15, -0.1) is 0 Å². The molecule has 0 heterocycles. The van der Waals surface area contributed by atoms with Gasteiger partial charge in [-0.3, -0.25) is 0 Å². The molecule has 0 aliphatic rings. The smallest absolute Gasteiger partial charge is 0.129 e. The van der Waals surface area contributed by atoms with Crippen molar-refractivity contribution in [3.63, 3.8) is 0 Å². The van der Waals surface area contributed by atoms with Crippen LogP contribution in [-0.4, -0.2) is 0 Å². The lowest BCUT2D eigenvalue weighted by Gasteiger charge is -2.15. The molecule has 0 aliphatic carbocycles. The van der Waals surface area contributed by atoms with Gasteiger partial charge in [-0.05, 0) is 36.8 Å². The Bertz CT molecular complexity index is 606. The van der Waals surface area contributed by atoms with E-state index in [4.69, 9.17) is 0 Å².